The van der Waals surface area contributed by atoms with Crippen LogP contribution in [-0.2, 0) is 6.54 Å². The molecule has 4 heteroatoms. The van der Waals surface area contributed by atoms with E-state index in [1.54, 1.807) is 0 Å². The van der Waals surface area contributed by atoms with E-state index in [4.69, 9.17) is 9.47 Å². The van der Waals surface area contributed by atoms with Crippen molar-refractivity contribution in [2.24, 2.45) is 11.8 Å². The fourth-order valence-corrected chi connectivity index (χ4v) is 4.36. The van der Waals surface area contributed by atoms with Gasteiger partial charge < -0.3 is 14.8 Å². The summed E-state index contributed by atoms with van der Waals surface area (Å²) in [5.41, 5.74) is 1.27. The average Bonchev–Trinajstić information content (AvgIpc) is 3.03. The summed E-state index contributed by atoms with van der Waals surface area (Å²) in [5, 5.41) is 3.64. The van der Waals surface area contributed by atoms with E-state index >= 15 is 0 Å². The van der Waals surface area contributed by atoms with Gasteiger partial charge in [0.2, 0.25) is 6.79 Å². The molecule has 3 saturated heterocycles. The minimum atomic E-state index is 0.350. The van der Waals surface area contributed by atoms with Crippen molar-refractivity contribution >= 4 is 0 Å². The molecule has 4 aliphatic heterocycles. The number of hydrogen-bond donors (Lipinski definition) is 1. The van der Waals surface area contributed by atoms with Crippen molar-refractivity contribution in [1.29, 1.82) is 0 Å². The van der Waals surface area contributed by atoms with Gasteiger partial charge in [-0.05, 0) is 48.9 Å². The van der Waals surface area contributed by atoms with E-state index in [1.807, 2.05) is 6.07 Å². The van der Waals surface area contributed by atoms with Crippen molar-refractivity contribution in [2.45, 2.75) is 38.8 Å². The third kappa shape index (κ3) is 2.70. The second-order valence-electron chi connectivity index (χ2n) is 6.92. The van der Waals surface area contributed by atoms with Crippen LogP contribution in [0.25, 0.3) is 0 Å². The van der Waals surface area contributed by atoms with Crippen LogP contribution >= 0.6 is 0 Å². The summed E-state index contributed by atoms with van der Waals surface area (Å²) in [4.78, 5) is 2.71. The zero-order valence-corrected chi connectivity index (χ0v) is 13.4. The molecule has 1 aromatic carbocycles. The lowest BCUT2D eigenvalue weighted by Crippen LogP contribution is -2.56. The van der Waals surface area contributed by atoms with Gasteiger partial charge >= 0.3 is 0 Å². The van der Waals surface area contributed by atoms with Crippen LogP contribution in [0, 0.1) is 11.8 Å². The zero-order chi connectivity index (χ0) is 14.9. The van der Waals surface area contributed by atoms with Crippen LogP contribution in [0.2, 0.25) is 0 Å². The molecule has 0 aromatic heterocycles. The highest BCUT2D eigenvalue weighted by atomic mass is 16.7. The van der Waals surface area contributed by atoms with E-state index in [1.165, 1.54) is 37.9 Å². The lowest BCUT2D eigenvalue weighted by molar-refractivity contribution is 0.000332. The van der Waals surface area contributed by atoms with Crippen LogP contribution < -0.4 is 14.8 Å². The van der Waals surface area contributed by atoms with Gasteiger partial charge in [-0.15, -0.1) is 0 Å². The second kappa shape index (κ2) is 6.09. The molecule has 0 spiro atoms. The van der Waals surface area contributed by atoms with Gasteiger partial charge in [-0.1, -0.05) is 19.4 Å². The summed E-state index contributed by atoms with van der Waals surface area (Å²) in [6.07, 6.45) is 4.14. The van der Waals surface area contributed by atoms with Crippen LogP contribution in [0.15, 0.2) is 18.2 Å². The van der Waals surface area contributed by atoms with Gasteiger partial charge in [-0.3, -0.25) is 4.90 Å². The topological polar surface area (TPSA) is 33.7 Å². The SMILES string of the molecule is CC[C@H]1CN2CC[C@H]1C[C@@H]2CNCc1ccc2c(c1)OCO2. The molecule has 1 aromatic rings. The Morgan fingerprint density at radius 2 is 2.18 bits per heavy atom. The summed E-state index contributed by atoms with van der Waals surface area (Å²) in [5.74, 6) is 3.65. The smallest absolute Gasteiger partial charge is 0.231 e. The number of benzene rings is 1. The Hall–Kier alpha value is -1.26. The molecule has 1 unspecified atom stereocenters. The minimum Gasteiger partial charge on any atom is -0.454 e. The number of hydrogen-bond acceptors (Lipinski definition) is 4. The van der Waals surface area contributed by atoms with Crippen molar-refractivity contribution < 1.29 is 9.47 Å². The third-order valence-electron chi connectivity index (χ3n) is 5.68. The Bertz CT molecular complexity index is 534. The monoisotopic (exact) mass is 302 g/mol. The Morgan fingerprint density at radius 1 is 1.27 bits per heavy atom. The van der Waals surface area contributed by atoms with Gasteiger partial charge in [0.15, 0.2) is 11.5 Å². The van der Waals surface area contributed by atoms with E-state index in [-0.39, 0.29) is 0 Å². The summed E-state index contributed by atoms with van der Waals surface area (Å²) in [6.45, 7) is 7.32. The quantitative estimate of drug-likeness (QED) is 0.906. The molecule has 5 rings (SSSR count). The Labute approximate surface area is 132 Å². The van der Waals surface area contributed by atoms with Crippen molar-refractivity contribution in [3.8, 4) is 11.5 Å². The first-order valence-electron chi connectivity index (χ1n) is 8.66. The molecule has 4 heterocycles. The second-order valence-corrected chi connectivity index (χ2v) is 6.92. The van der Waals surface area contributed by atoms with Crippen molar-refractivity contribution in [3.63, 3.8) is 0 Å². The molecule has 120 valence electrons. The third-order valence-corrected chi connectivity index (χ3v) is 5.68. The number of nitrogens with one attached hydrogen (secondary N) is 1. The minimum absolute atomic E-state index is 0.350. The fourth-order valence-electron chi connectivity index (χ4n) is 4.36. The van der Waals surface area contributed by atoms with Gasteiger partial charge in [-0.25, -0.2) is 0 Å². The molecule has 2 bridgehead atoms. The van der Waals surface area contributed by atoms with Crippen LogP contribution in [0.3, 0.4) is 0 Å². The zero-order valence-electron chi connectivity index (χ0n) is 13.4. The van der Waals surface area contributed by atoms with E-state index in [0.29, 0.717) is 6.79 Å². The Kier molecular flexibility index (Phi) is 3.97. The standard InChI is InChI=1S/C18H26N2O2/c1-2-14-11-20-6-5-15(14)8-16(20)10-19-9-13-3-4-17-18(7-13)22-12-21-17/h3-4,7,14-16,19H,2,5-6,8-12H2,1H3/t14-,15-,16+/m0/s1. The maximum Gasteiger partial charge on any atom is 0.231 e. The summed E-state index contributed by atoms with van der Waals surface area (Å²) < 4.78 is 10.8. The summed E-state index contributed by atoms with van der Waals surface area (Å²) in [7, 11) is 0. The van der Waals surface area contributed by atoms with E-state index in [2.05, 4.69) is 29.3 Å². The first-order chi connectivity index (χ1) is 10.8. The van der Waals surface area contributed by atoms with Crippen molar-refractivity contribution in [2.75, 3.05) is 26.4 Å². The highest BCUT2D eigenvalue weighted by Gasteiger charge is 2.38. The van der Waals surface area contributed by atoms with Crippen LogP contribution in [0.4, 0.5) is 0 Å². The van der Waals surface area contributed by atoms with Crippen molar-refractivity contribution in [1.82, 2.24) is 10.2 Å². The van der Waals surface area contributed by atoms with Crippen LogP contribution in [0.5, 0.6) is 11.5 Å². The normalized spacial score (nSPS) is 32.4. The predicted octanol–water partition coefficient (Wildman–Crippen LogP) is 2.63. The molecule has 0 saturated carbocycles. The maximum absolute atomic E-state index is 5.44. The number of rotatable bonds is 5. The molecule has 4 atom stereocenters. The van der Waals surface area contributed by atoms with Crippen LogP contribution in [-0.4, -0.2) is 37.4 Å². The average molecular weight is 302 g/mol. The van der Waals surface area contributed by atoms with Crippen molar-refractivity contribution in [3.05, 3.63) is 23.8 Å². The highest BCUT2D eigenvalue weighted by Crippen LogP contribution is 2.37. The predicted molar refractivity (Wildman–Crippen MR) is 86.1 cm³/mol. The van der Waals surface area contributed by atoms with E-state index in [9.17, 15) is 0 Å². The van der Waals surface area contributed by atoms with Crippen LogP contribution in [0.1, 0.15) is 31.7 Å². The lowest BCUT2D eigenvalue weighted by Gasteiger charge is -2.50. The van der Waals surface area contributed by atoms with Gasteiger partial charge in [-0.2, -0.15) is 0 Å². The molecule has 4 aliphatic rings. The van der Waals surface area contributed by atoms with Gasteiger partial charge in [0.1, 0.15) is 0 Å². The number of fused-ring (bicyclic) bond motifs is 4. The van der Waals surface area contributed by atoms with E-state index < -0.39 is 0 Å². The summed E-state index contributed by atoms with van der Waals surface area (Å²) >= 11 is 0. The fraction of sp³-hybridized carbons (Fsp3) is 0.667. The number of nitrogens with zero attached hydrogens (tertiary/aromatic N) is 1. The lowest BCUT2D eigenvalue weighted by atomic mass is 9.74. The molecular formula is C18H26N2O2. The molecule has 0 radical (unpaired) electrons. The number of piperidine rings is 3. The first-order valence-corrected chi connectivity index (χ1v) is 8.66. The first kappa shape index (κ1) is 14.3. The maximum atomic E-state index is 5.44. The molecule has 22 heavy (non-hydrogen) atoms. The highest BCUT2D eigenvalue weighted by molar-refractivity contribution is 5.44. The van der Waals surface area contributed by atoms with Gasteiger partial charge in [0.25, 0.3) is 0 Å². The number of ether oxygens (including phenoxy) is 2. The molecule has 0 amide bonds. The molecule has 4 nitrogen and oxygen atoms in total. The van der Waals surface area contributed by atoms with E-state index in [0.717, 1.165) is 42.5 Å². The molecule has 3 fully saturated rings. The van der Waals surface area contributed by atoms with Gasteiger partial charge in [0, 0.05) is 25.7 Å². The summed E-state index contributed by atoms with van der Waals surface area (Å²) in [6, 6.07) is 6.96. The Morgan fingerprint density at radius 3 is 3.00 bits per heavy atom. The Balaban J connectivity index is 1.29. The molecule has 1 N–H and O–H groups in total. The molecular weight excluding hydrogens is 276 g/mol. The largest absolute Gasteiger partial charge is 0.454 e. The van der Waals surface area contributed by atoms with Gasteiger partial charge in [0.05, 0.1) is 0 Å². The molecule has 0 aliphatic carbocycles.